The molecule has 0 radical (unpaired) electrons. The molecule has 1 atom stereocenters. The quantitative estimate of drug-likeness (QED) is 0.336. The first-order valence-corrected chi connectivity index (χ1v) is 11.5. The molecule has 2 aromatic carbocycles. The van der Waals surface area contributed by atoms with E-state index in [0.717, 1.165) is 4.47 Å². The van der Waals surface area contributed by atoms with Gasteiger partial charge < -0.3 is 9.88 Å². The SMILES string of the molecule is CCn1c(SCC(=O)c2ccc(Br)cc2)nnc1[C@@H](C)NC(=O)c1ccccc1Cl. The van der Waals surface area contributed by atoms with Gasteiger partial charge in [0.05, 0.1) is 22.4 Å². The predicted octanol–water partition coefficient (Wildman–Crippen LogP) is 5.18. The second-order valence-corrected chi connectivity index (χ2v) is 8.74. The average molecular weight is 508 g/mol. The highest BCUT2D eigenvalue weighted by Crippen LogP contribution is 2.23. The predicted molar refractivity (Wildman–Crippen MR) is 122 cm³/mol. The number of aromatic nitrogens is 3. The van der Waals surface area contributed by atoms with Crippen molar-refractivity contribution in [2.75, 3.05) is 5.75 Å². The Balaban J connectivity index is 1.68. The van der Waals surface area contributed by atoms with Gasteiger partial charge in [-0.15, -0.1) is 10.2 Å². The largest absolute Gasteiger partial charge is 0.342 e. The topological polar surface area (TPSA) is 76.9 Å². The molecule has 0 bridgehead atoms. The maximum atomic E-state index is 12.5. The van der Waals surface area contributed by atoms with Gasteiger partial charge in [-0.2, -0.15) is 0 Å². The molecule has 156 valence electrons. The summed E-state index contributed by atoms with van der Waals surface area (Å²) in [6.45, 7) is 4.42. The van der Waals surface area contributed by atoms with Gasteiger partial charge in [0, 0.05) is 16.6 Å². The molecule has 0 aliphatic heterocycles. The molecule has 0 saturated heterocycles. The molecule has 0 aliphatic carbocycles. The van der Waals surface area contributed by atoms with Crippen molar-refractivity contribution in [3.8, 4) is 0 Å². The highest BCUT2D eigenvalue weighted by molar-refractivity contribution is 9.10. The van der Waals surface area contributed by atoms with Crippen molar-refractivity contribution < 1.29 is 9.59 Å². The number of carbonyl (C=O) groups is 2. The van der Waals surface area contributed by atoms with Crippen LogP contribution in [-0.2, 0) is 6.54 Å². The Morgan fingerprint density at radius 1 is 1.17 bits per heavy atom. The van der Waals surface area contributed by atoms with Crippen LogP contribution in [0.25, 0.3) is 0 Å². The number of nitrogens with zero attached hydrogens (tertiary/aromatic N) is 3. The minimum Gasteiger partial charge on any atom is -0.342 e. The Hall–Kier alpha value is -2.16. The maximum absolute atomic E-state index is 12.5. The van der Waals surface area contributed by atoms with E-state index in [9.17, 15) is 9.59 Å². The van der Waals surface area contributed by atoms with Gasteiger partial charge >= 0.3 is 0 Å². The molecule has 6 nitrogen and oxygen atoms in total. The van der Waals surface area contributed by atoms with E-state index < -0.39 is 0 Å². The van der Waals surface area contributed by atoms with E-state index in [2.05, 4.69) is 31.4 Å². The first kappa shape index (κ1) is 22.5. The van der Waals surface area contributed by atoms with Gasteiger partial charge in [0.15, 0.2) is 16.8 Å². The van der Waals surface area contributed by atoms with E-state index in [1.165, 1.54) is 11.8 Å². The Kier molecular flexibility index (Phi) is 7.69. The number of thioether (sulfide) groups is 1. The van der Waals surface area contributed by atoms with E-state index in [0.29, 0.717) is 33.7 Å². The molecule has 1 heterocycles. The molecule has 1 amide bonds. The summed E-state index contributed by atoms with van der Waals surface area (Å²) in [7, 11) is 0. The molecule has 0 saturated carbocycles. The molecule has 3 rings (SSSR count). The smallest absolute Gasteiger partial charge is 0.253 e. The van der Waals surface area contributed by atoms with Gasteiger partial charge in [-0.05, 0) is 38.1 Å². The fraction of sp³-hybridized carbons (Fsp3) is 0.238. The number of benzene rings is 2. The lowest BCUT2D eigenvalue weighted by Gasteiger charge is -2.15. The van der Waals surface area contributed by atoms with Gasteiger partial charge in [-0.1, -0.05) is 63.6 Å². The fourth-order valence-corrected chi connectivity index (χ4v) is 4.25. The molecule has 3 aromatic rings. The van der Waals surface area contributed by atoms with Crippen molar-refractivity contribution in [1.29, 1.82) is 0 Å². The van der Waals surface area contributed by atoms with E-state index in [4.69, 9.17) is 11.6 Å². The third-order valence-corrected chi connectivity index (χ3v) is 6.24. The van der Waals surface area contributed by atoms with E-state index in [1.807, 2.05) is 30.5 Å². The molecular formula is C21H20BrClN4O2S. The number of nitrogens with one attached hydrogen (secondary N) is 1. The van der Waals surface area contributed by atoms with Crippen LogP contribution in [0.1, 0.15) is 46.4 Å². The van der Waals surface area contributed by atoms with Crippen LogP contribution in [0.5, 0.6) is 0 Å². The van der Waals surface area contributed by atoms with Crippen LogP contribution in [0.15, 0.2) is 58.2 Å². The first-order valence-electron chi connectivity index (χ1n) is 9.30. The van der Waals surface area contributed by atoms with E-state index >= 15 is 0 Å². The van der Waals surface area contributed by atoms with Crippen molar-refractivity contribution in [3.05, 3.63) is 75.0 Å². The van der Waals surface area contributed by atoms with Crippen LogP contribution in [0.3, 0.4) is 0 Å². The van der Waals surface area contributed by atoms with Gasteiger partial charge in [0.2, 0.25) is 0 Å². The lowest BCUT2D eigenvalue weighted by Crippen LogP contribution is -2.29. The third kappa shape index (κ3) is 5.30. The summed E-state index contributed by atoms with van der Waals surface area (Å²) in [6.07, 6.45) is 0. The highest BCUT2D eigenvalue weighted by atomic mass is 79.9. The van der Waals surface area contributed by atoms with Crippen molar-refractivity contribution in [3.63, 3.8) is 0 Å². The molecule has 0 fully saturated rings. The number of Topliss-reactive ketones (excluding diaryl/α,β-unsaturated/α-hetero) is 1. The number of hydrogen-bond donors (Lipinski definition) is 1. The summed E-state index contributed by atoms with van der Waals surface area (Å²) in [5.74, 6) is 0.606. The normalized spacial score (nSPS) is 11.9. The first-order chi connectivity index (χ1) is 14.4. The Bertz CT molecular complexity index is 1060. The monoisotopic (exact) mass is 506 g/mol. The second kappa shape index (κ2) is 10.2. The Morgan fingerprint density at radius 3 is 2.53 bits per heavy atom. The number of ketones is 1. The van der Waals surface area contributed by atoms with Crippen molar-refractivity contribution in [2.45, 2.75) is 31.6 Å². The van der Waals surface area contributed by atoms with Crippen molar-refractivity contribution in [2.24, 2.45) is 0 Å². The van der Waals surface area contributed by atoms with Gasteiger partial charge in [-0.3, -0.25) is 9.59 Å². The van der Waals surface area contributed by atoms with Crippen LogP contribution in [-0.4, -0.2) is 32.2 Å². The average Bonchev–Trinajstić information content (AvgIpc) is 3.15. The molecule has 0 unspecified atom stereocenters. The van der Waals surface area contributed by atoms with E-state index in [-0.39, 0.29) is 23.5 Å². The Labute approximate surface area is 192 Å². The molecule has 0 aliphatic rings. The zero-order chi connectivity index (χ0) is 21.7. The summed E-state index contributed by atoms with van der Waals surface area (Å²) in [5.41, 5.74) is 1.05. The maximum Gasteiger partial charge on any atom is 0.253 e. The summed E-state index contributed by atoms with van der Waals surface area (Å²) < 4.78 is 2.83. The van der Waals surface area contributed by atoms with Crippen LogP contribution >= 0.6 is 39.3 Å². The minimum atomic E-state index is -0.377. The molecule has 1 aromatic heterocycles. The van der Waals surface area contributed by atoms with Crippen LogP contribution in [0.4, 0.5) is 0 Å². The van der Waals surface area contributed by atoms with Crippen LogP contribution < -0.4 is 5.32 Å². The minimum absolute atomic E-state index is 0.0137. The molecule has 30 heavy (non-hydrogen) atoms. The molecule has 9 heteroatoms. The molecule has 0 spiro atoms. The third-order valence-electron chi connectivity index (χ3n) is 4.41. The summed E-state index contributed by atoms with van der Waals surface area (Å²) >= 11 is 10.8. The van der Waals surface area contributed by atoms with Gasteiger partial charge in [0.1, 0.15) is 0 Å². The van der Waals surface area contributed by atoms with Crippen LogP contribution in [0.2, 0.25) is 5.02 Å². The van der Waals surface area contributed by atoms with Gasteiger partial charge in [0.25, 0.3) is 5.91 Å². The number of halogens is 2. The number of hydrogen-bond acceptors (Lipinski definition) is 5. The number of carbonyl (C=O) groups excluding carboxylic acids is 2. The number of rotatable bonds is 8. The summed E-state index contributed by atoms with van der Waals surface area (Å²) in [4.78, 5) is 25.0. The standard InChI is InChI=1S/C21H20BrClN4O2S/c1-3-27-19(13(2)24-20(29)16-6-4-5-7-17(16)23)25-26-21(27)30-12-18(28)14-8-10-15(22)11-9-14/h4-11,13H,3,12H2,1-2H3,(H,24,29)/t13-/m1/s1. The van der Waals surface area contributed by atoms with Crippen molar-refractivity contribution >= 4 is 51.0 Å². The fourth-order valence-electron chi connectivity index (χ4n) is 2.86. The Morgan fingerprint density at radius 2 is 1.87 bits per heavy atom. The van der Waals surface area contributed by atoms with E-state index in [1.54, 1.807) is 36.4 Å². The molecular weight excluding hydrogens is 488 g/mol. The van der Waals surface area contributed by atoms with Gasteiger partial charge in [-0.25, -0.2) is 0 Å². The lowest BCUT2D eigenvalue weighted by atomic mass is 10.2. The van der Waals surface area contributed by atoms with Crippen molar-refractivity contribution in [1.82, 2.24) is 20.1 Å². The van der Waals surface area contributed by atoms with Crippen LogP contribution in [0, 0.1) is 0 Å². The second-order valence-electron chi connectivity index (χ2n) is 6.48. The highest BCUT2D eigenvalue weighted by Gasteiger charge is 2.21. The lowest BCUT2D eigenvalue weighted by molar-refractivity contribution is 0.0937. The zero-order valence-corrected chi connectivity index (χ0v) is 19.6. The zero-order valence-electron chi connectivity index (χ0n) is 16.4. The summed E-state index contributed by atoms with van der Waals surface area (Å²) in [6, 6.07) is 13.8. The number of amides is 1. The molecule has 1 N–H and O–H groups in total. The summed E-state index contributed by atoms with van der Waals surface area (Å²) in [5, 5.41) is 12.4.